The van der Waals surface area contributed by atoms with E-state index in [1.165, 1.54) is 12.1 Å². The van der Waals surface area contributed by atoms with E-state index in [0.29, 0.717) is 31.3 Å². The molecule has 0 N–H and O–H groups in total. The van der Waals surface area contributed by atoms with Crippen LogP contribution < -0.4 is 9.64 Å². The van der Waals surface area contributed by atoms with Crippen molar-refractivity contribution in [3.8, 4) is 5.75 Å². The van der Waals surface area contributed by atoms with E-state index in [-0.39, 0.29) is 18.3 Å². The molecular weight excluding hydrogens is 299 g/mol. The van der Waals surface area contributed by atoms with Crippen LogP contribution in [0.15, 0.2) is 36.7 Å². The molecule has 0 bridgehead atoms. The highest BCUT2D eigenvalue weighted by Gasteiger charge is 2.25. The van der Waals surface area contributed by atoms with Crippen molar-refractivity contribution in [2.24, 2.45) is 0 Å². The molecule has 6 nitrogen and oxygen atoms in total. The second-order valence-electron chi connectivity index (χ2n) is 5.29. The molecule has 2 heterocycles. The van der Waals surface area contributed by atoms with Crippen LogP contribution >= 0.6 is 0 Å². The van der Waals surface area contributed by atoms with E-state index in [1.807, 2.05) is 11.0 Å². The Labute approximate surface area is 133 Å². The average molecular weight is 316 g/mol. The van der Waals surface area contributed by atoms with Crippen molar-refractivity contribution in [1.82, 2.24) is 14.9 Å². The monoisotopic (exact) mass is 316 g/mol. The van der Waals surface area contributed by atoms with Gasteiger partial charge in [0.05, 0.1) is 19.5 Å². The van der Waals surface area contributed by atoms with E-state index in [1.54, 1.807) is 30.5 Å². The van der Waals surface area contributed by atoms with Gasteiger partial charge < -0.3 is 14.5 Å². The van der Waals surface area contributed by atoms with Gasteiger partial charge in [0, 0.05) is 19.6 Å². The normalized spacial score (nSPS) is 15.0. The molecule has 0 unspecified atom stereocenters. The number of amides is 1. The first-order valence-electron chi connectivity index (χ1n) is 7.29. The number of anilines is 1. The summed E-state index contributed by atoms with van der Waals surface area (Å²) < 4.78 is 18.2. The summed E-state index contributed by atoms with van der Waals surface area (Å²) in [6, 6.07) is 6.31. The van der Waals surface area contributed by atoms with Gasteiger partial charge in [-0.15, -0.1) is 0 Å². The first-order chi connectivity index (χ1) is 11.2. The van der Waals surface area contributed by atoms with Crippen LogP contribution in [0.25, 0.3) is 0 Å². The molecule has 7 heteroatoms. The minimum absolute atomic E-state index is 0.0278. The van der Waals surface area contributed by atoms with E-state index in [0.717, 1.165) is 5.56 Å². The van der Waals surface area contributed by atoms with Crippen LogP contribution in [0.1, 0.15) is 5.56 Å². The minimum Gasteiger partial charge on any atom is -0.494 e. The third-order valence-corrected chi connectivity index (χ3v) is 3.71. The van der Waals surface area contributed by atoms with Gasteiger partial charge in [0.2, 0.25) is 11.9 Å². The fourth-order valence-electron chi connectivity index (χ4n) is 2.48. The summed E-state index contributed by atoms with van der Waals surface area (Å²) in [7, 11) is 1.55. The summed E-state index contributed by atoms with van der Waals surface area (Å²) >= 11 is 0. The van der Waals surface area contributed by atoms with Gasteiger partial charge in [0.15, 0.2) is 5.75 Å². The number of methoxy groups -OCH3 is 1. The van der Waals surface area contributed by atoms with Crippen LogP contribution in [0.4, 0.5) is 10.3 Å². The lowest BCUT2D eigenvalue weighted by molar-refractivity contribution is -0.131. The first-order valence-corrected chi connectivity index (χ1v) is 7.29. The Hall–Kier alpha value is -2.70. The molecule has 2 aromatic rings. The summed E-state index contributed by atoms with van der Waals surface area (Å²) in [5.74, 6) is 0.759. The van der Waals surface area contributed by atoms with E-state index < -0.39 is 0 Å². The van der Waals surface area contributed by atoms with Gasteiger partial charge in [-0.1, -0.05) is 12.1 Å². The molecule has 1 aliphatic heterocycles. The smallest absolute Gasteiger partial charge is 0.242 e. The zero-order chi connectivity index (χ0) is 16.2. The van der Waals surface area contributed by atoms with Crippen LogP contribution in [0.5, 0.6) is 5.75 Å². The predicted molar refractivity (Wildman–Crippen MR) is 82.6 cm³/mol. The Morgan fingerprint density at radius 2 is 2.04 bits per heavy atom. The fraction of sp³-hybridized carbons (Fsp3) is 0.312. The van der Waals surface area contributed by atoms with Crippen molar-refractivity contribution in [3.63, 3.8) is 0 Å². The molecule has 23 heavy (non-hydrogen) atoms. The number of carbonyl (C=O) groups is 1. The van der Waals surface area contributed by atoms with Crippen molar-refractivity contribution in [1.29, 1.82) is 0 Å². The Morgan fingerprint density at radius 1 is 1.26 bits per heavy atom. The molecule has 0 saturated carbocycles. The number of halogens is 1. The highest BCUT2D eigenvalue weighted by Crippen LogP contribution is 2.16. The topological polar surface area (TPSA) is 58.6 Å². The van der Waals surface area contributed by atoms with Crippen molar-refractivity contribution in [2.45, 2.75) is 6.54 Å². The standard InChI is InChI=1S/C16H17FN4O2/c1-23-14-8-18-16(19-9-14)21-6-5-20(15(22)11-21)10-12-3-2-4-13(17)7-12/h2-4,7-9H,5-6,10-11H2,1H3. The lowest BCUT2D eigenvalue weighted by atomic mass is 10.2. The van der Waals surface area contributed by atoms with Gasteiger partial charge in [-0.05, 0) is 17.7 Å². The van der Waals surface area contributed by atoms with Crippen molar-refractivity contribution < 1.29 is 13.9 Å². The maximum absolute atomic E-state index is 13.2. The van der Waals surface area contributed by atoms with E-state index in [9.17, 15) is 9.18 Å². The molecule has 3 rings (SSSR count). The maximum Gasteiger partial charge on any atom is 0.242 e. The maximum atomic E-state index is 13.2. The van der Waals surface area contributed by atoms with Gasteiger partial charge in [-0.25, -0.2) is 14.4 Å². The molecule has 0 spiro atoms. The summed E-state index contributed by atoms with van der Waals surface area (Å²) in [5, 5.41) is 0. The second-order valence-corrected chi connectivity index (χ2v) is 5.29. The molecule has 1 aliphatic rings. The zero-order valence-corrected chi connectivity index (χ0v) is 12.8. The minimum atomic E-state index is -0.291. The highest BCUT2D eigenvalue weighted by molar-refractivity contribution is 5.82. The molecule has 0 atom stereocenters. The molecule has 0 aliphatic carbocycles. The van der Waals surface area contributed by atoms with Crippen LogP contribution in [0.2, 0.25) is 0 Å². The van der Waals surface area contributed by atoms with E-state index >= 15 is 0 Å². The molecule has 1 aromatic heterocycles. The SMILES string of the molecule is COc1cnc(N2CCN(Cc3cccc(F)c3)C(=O)C2)nc1. The summed E-state index contributed by atoms with van der Waals surface area (Å²) in [6.07, 6.45) is 3.15. The van der Waals surface area contributed by atoms with Gasteiger partial charge in [0.1, 0.15) is 12.4 Å². The number of piperazine rings is 1. The van der Waals surface area contributed by atoms with E-state index in [2.05, 4.69) is 9.97 Å². The molecule has 1 saturated heterocycles. The summed E-state index contributed by atoms with van der Waals surface area (Å²) in [5.41, 5.74) is 0.785. The number of ether oxygens (including phenoxy) is 1. The largest absolute Gasteiger partial charge is 0.494 e. The van der Waals surface area contributed by atoms with Gasteiger partial charge >= 0.3 is 0 Å². The number of hydrogen-bond acceptors (Lipinski definition) is 5. The Balaban J connectivity index is 1.63. The molecule has 1 aromatic carbocycles. The first kappa shape index (κ1) is 15.2. The molecule has 1 fully saturated rings. The molecule has 1 amide bonds. The number of carbonyl (C=O) groups excluding carboxylic acids is 1. The number of rotatable bonds is 4. The Kier molecular flexibility index (Phi) is 4.36. The number of nitrogens with zero attached hydrogens (tertiary/aromatic N) is 4. The average Bonchev–Trinajstić information content (AvgIpc) is 2.57. The molecular formula is C16H17FN4O2. The Morgan fingerprint density at radius 3 is 2.70 bits per heavy atom. The number of aromatic nitrogens is 2. The quantitative estimate of drug-likeness (QED) is 0.855. The number of hydrogen-bond donors (Lipinski definition) is 0. The molecule has 120 valence electrons. The van der Waals surface area contributed by atoms with Gasteiger partial charge in [-0.2, -0.15) is 0 Å². The van der Waals surface area contributed by atoms with Crippen LogP contribution in [0, 0.1) is 5.82 Å². The van der Waals surface area contributed by atoms with Crippen LogP contribution in [-0.4, -0.2) is 47.5 Å². The lowest BCUT2D eigenvalue weighted by Gasteiger charge is -2.34. The summed E-state index contributed by atoms with van der Waals surface area (Å²) in [6.45, 7) is 1.80. The molecule has 0 radical (unpaired) electrons. The zero-order valence-electron chi connectivity index (χ0n) is 12.8. The lowest BCUT2D eigenvalue weighted by Crippen LogP contribution is -2.50. The highest BCUT2D eigenvalue weighted by atomic mass is 19.1. The predicted octanol–water partition coefficient (Wildman–Crippen LogP) is 1.47. The third kappa shape index (κ3) is 3.56. The van der Waals surface area contributed by atoms with Gasteiger partial charge in [0.25, 0.3) is 0 Å². The van der Waals surface area contributed by atoms with Crippen molar-refractivity contribution in [2.75, 3.05) is 31.6 Å². The Bertz CT molecular complexity index is 693. The number of benzene rings is 1. The fourth-order valence-corrected chi connectivity index (χ4v) is 2.48. The summed E-state index contributed by atoms with van der Waals surface area (Å²) in [4.78, 5) is 24.2. The van der Waals surface area contributed by atoms with Crippen LogP contribution in [-0.2, 0) is 11.3 Å². The third-order valence-electron chi connectivity index (χ3n) is 3.71. The van der Waals surface area contributed by atoms with Gasteiger partial charge in [-0.3, -0.25) is 4.79 Å². The van der Waals surface area contributed by atoms with Crippen molar-refractivity contribution >= 4 is 11.9 Å². The van der Waals surface area contributed by atoms with Crippen molar-refractivity contribution in [3.05, 3.63) is 48.0 Å². The second kappa shape index (κ2) is 6.60. The van der Waals surface area contributed by atoms with Crippen LogP contribution in [0.3, 0.4) is 0 Å². The van der Waals surface area contributed by atoms with E-state index in [4.69, 9.17) is 4.74 Å².